The molecule has 1 aromatic heterocycles. The monoisotopic (exact) mass is 255 g/mol. The lowest BCUT2D eigenvalue weighted by atomic mass is 10.1. The summed E-state index contributed by atoms with van der Waals surface area (Å²) in [6, 6.07) is 7.20. The van der Waals surface area contributed by atoms with Gasteiger partial charge >= 0.3 is 0 Å². The molecule has 0 fully saturated rings. The summed E-state index contributed by atoms with van der Waals surface area (Å²) in [5.74, 6) is 0.356. The highest BCUT2D eigenvalue weighted by Crippen LogP contribution is 2.22. The van der Waals surface area contributed by atoms with Gasteiger partial charge in [-0.1, -0.05) is 24.3 Å². The fourth-order valence-electron chi connectivity index (χ4n) is 1.32. The molecule has 0 amide bonds. The maximum atomic E-state index is 9.18. The first-order chi connectivity index (χ1) is 7.70. The van der Waals surface area contributed by atoms with Crippen molar-refractivity contribution in [2.24, 2.45) is 0 Å². The van der Waals surface area contributed by atoms with Gasteiger partial charge in [-0.25, -0.2) is 0 Å². The van der Waals surface area contributed by atoms with Gasteiger partial charge in [-0.3, -0.25) is 0 Å². The zero-order chi connectivity index (χ0) is 11.5. The molecule has 2 aromatic rings. The summed E-state index contributed by atoms with van der Waals surface area (Å²) in [5.41, 5.74) is 1.40. The van der Waals surface area contributed by atoms with E-state index in [0.717, 1.165) is 0 Å². The normalized spacial score (nSPS) is 10.4. The Morgan fingerprint density at radius 2 is 1.62 bits per heavy atom. The van der Waals surface area contributed by atoms with E-state index in [9.17, 15) is 5.11 Å². The molecule has 82 valence electrons. The second-order valence-electron chi connectivity index (χ2n) is 3.01. The van der Waals surface area contributed by atoms with Gasteiger partial charge in [0.15, 0.2) is 5.82 Å². The molecule has 0 radical (unpaired) electrons. The van der Waals surface area contributed by atoms with Crippen molar-refractivity contribution < 1.29 is 5.11 Å². The third-order valence-corrected chi connectivity index (χ3v) is 2.35. The van der Waals surface area contributed by atoms with Crippen LogP contribution in [-0.2, 0) is 6.61 Å². The first kappa shape index (κ1) is 11.3. The van der Waals surface area contributed by atoms with Crippen LogP contribution in [0.15, 0.2) is 24.3 Å². The van der Waals surface area contributed by atoms with Crippen molar-refractivity contribution in [3.63, 3.8) is 0 Å². The van der Waals surface area contributed by atoms with Crippen molar-refractivity contribution in [2.75, 3.05) is 0 Å². The molecular weight excluding hydrogens is 249 g/mol. The summed E-state index contributed by atoms with van der Waals surface area (Å²) in [6.45, 7) is -0.100. The van der Waals surface area contributed by atoms with Crippen molar-refractivity contribution in [2.45, 2.75) is 6.61 Å². The van der Waals surface area contributed by atoms with E-state index >= 15 is 0 Å². The topological polar surface area (TPSA) is 58.9 Å². The average molecular weight is 256 g/mol. The third-order valence-electron chi connectivity index (χ3n) is 2.01. The van der Waals surface area contributed by atoms with E-state index < -0.39 is 0 Å². The lowest BCUT2D eigenvalue weighted by Crippen LogP contribution is -1.97. The summed E-state index contributed by atoms with van der Waals surface area (Å²) in [7, 11) is 0. The van der Waals surface area contributed by atoms with Gasteiger partial charge in [-0.15, -0.1) is 0 Å². The summed E-state index contributed by atoms with van der Waals surface area (Å²) >= 11 is 11.4. The van der Waals surface area contributed by atoms with Crippen LogP contribution in [0.1, 0.15) is 5.56 Å². The van der Waals surface area contributed by atoms with Crippen LogP contribution in [0.2, 0.25) is 10.6 Å². The number of benzene rings is 1. The van der Waals surface area contributed by atoms with Crippen molar-refractivity contribution in [3.8, 4) is 11.4 Å². The molecule has 2 rings (SSSR count). The number of hydrogen-bond donors (Lipinski definition) is 1. The number of aromatic nitrogens is 3. The highest BCUT2D eigenvalue weighted by Gasteiger charge is 2.09. The number of halogens is 2. The number of aliphatic hydroxyl groups is 1. The quantitative estimate of drug-likeness (QED) is 0.895. The molecule has 16 heavy (non-hydrogen) atoms. The Labute approximate surface area is 102 Å². The first-order valence-corrected chi connectivity index (χ1v) is 5.22. The molecule has 0 spiro atoms. The zero-order valence-corrected chi connectivity index (χ0v) is 9.57. The zero-order valence-electron chi connectivity index (χ0n) is 8.06. The minimum atomic E-state index is -0.100. The molecule has 0 aliphatic heterocycles. The number of aliphatic hydroxyl groups excluding tert-OH is 1. The molecule has 0 atom stereocenters. The van der Waals surface area contributed by atoms with Gasteiger partial charge in [0, 0.05) is 5.56 Å². The van der Waals surface area contributed by atoms with E-state index in [4.69, 9.17) is 23.2 Å². The van der Waals surface area contributed by atoms with Crippen molar-refractivity contribution in [1.82, 2.24) is 15.0 Å². The second-order valence-corrected chi connectivity index (χ2v) is 3.69. The van der Waals surface area contributed by atoms with Crippen LogP contribution >= 0.6 is 23.2 Å². The number of rotatable bonds is 2. The van der Waals surface area contributed by atoms with Crippen LogP contribution < -0.4 is 0 Å². The van der Waals surface area contributed by atoms with Gasteiger partial charge in [-0.2, -0.15) is 15.0 Å². The van der Waals surface area contributed by atoms with Crippen molar-refractivity contribution >= 4 is 23.2 Å². The standard InChI is InChI=1S/C10H7Cl2N3O/c11-9-13-8(14-10(12)15-9)7-4-2-1-3-6(7)5-16/h1-4,16H,5H2. The minimum absolute atomic E-state index is 0.0303. The molecule has 1 N–H and O–H groups in total. The minimum Gasteiger partial charge on any atom is -0.392 e. The second kappa shape index (κ2) is 4.74. The van der Waals surface area contributed by atoms with Gasteiger partial charge in [0.2, 0.25) is 10.6 Å². The lowest BCUT2D eigenvalue weighted by molar-refractivity contribution is 0.282. The summed E-state index contributed by atoms with van der Waals surface area (Å²) in [6.07, 6.45) is 0. The van der Waals surface area contributed by atoms with Crippen LogP contribution in [0.4, 0.5) is 0 Å². The van der Waals surface area contributed by atoms with Crippen LogP contribution in [0.3, 0.4) is 0 Å². The highest BCUT2D eigenvalue weighted by atomic mass is 35.5. The van der Waals surface area contributed by atoms with Crippen molar-refractivity contribution in [1.29, 1.82) is 0 Å². The Hall–Kier alpha value is -1.23. The maximum absolute atomic E-state index is 9.18. The van der Waals surface area contributed by atoms with Crippen LogP contribution in [0, 0.1) is 0 Å². The van der Waals surface area contributed by atoms with Gasteiger partial charge < -0.3 is 5.11 Å². The highest BCUT2D eigenvalue weighted by molar-refractivity contribution is 6.31. The molecule has 1 heterocycles. The van der Waals surface area contributed by atoms with E-state index in [1.807, 2.05) is 12.1 Å². The molecule has 0 saturated carbocycles. The predicted molar refractivity (Wildman–Crippen MR) is 61.2 cm³/mol. The molecule has 0 aliphatic rings. The molecular formula is C10H7Cl2N3O. The Morgan fingerprint density at radius 1 is 1.00 bits per heavy atom. The fraction of sp³-hybridized carbons (Fsp3) is 0.100. The Balaban J connectivity index is 2.58. The third kappa shape index (κ3) is 2.29. The molecule has 0 aliphatic carbocycles. The van der Waals surface area contributed by atoms with E-state index in [1.165, 1.54) is 0 Å². The predicted octanol–water partition coefficient (Wildman–Crippen LogP) is 2.34. The van der Waals surface area contributed by atoms with Gasteiger partial charge in [0.25, 0.3) is 0 Å². The molecule has 0 unspecified atom stereocenters. The fourth-order valence-corrected chi connectivity index (χ4v) is 1.69. The van der Waals surface area contributed by atoms with E-state index in [2.05, 4.69) is 15.0 Å². The first-order valence-electron chi connectivity index (χ1n) is 4.47. The van der Waals surface area contributed by atoms with Gasteiger partial charge in [-0.05, 0) is 28.8 Å². The van der Waals surface area contributed by atoms with Crippen LogP contribution in [-0.4, -0.2) is 20.1 Å². The Bertz CT molecular complexity index is 499. The Kier molecular flexibility index (Phi) is 3.33. The number of nitrogens with zero attached hydrogens (tertiary/aromatic N) is 3. The van der Waals surface area contributed by atoms with Gasteiger partial charge in [0.1, 0.15) is 0 Å². The summed E-state index contributed by atoms with van der Waals surface area (Å²) in [5, 5.41) is 9.24. The largest absolute Gasteiger partial charge is 0.392 e. The van der Waals surface area contributed by atoms with Crippen molar-refractivity contribution in [3.05, 3.63) is 40.4 Å². The van der Waals surface area contributed by atoms with Gasteiger partial charge in [0.05, 0.1) is 6.61 Å². The Morgan fingerprint density at radius 3 is 2.25 bits per heavy atom. The van der Waals surface area contributed by atoms with Crippen LogP contribution in [0.25, 0.3) is 11.4 Å². The van der Waals surface area contributed by atoms with Crippen LogP contribution in [0.5, 0.6) is 0 Å². The number of hydrogen-bond acceptors (Lipinski definition) is 4. The molecule has 1 aromatic carbocycles. The smallest absolute Gasteiger partial charge is 0.227 e. The molecule has 6 heteroatoms. The SMILES string of the molecule is OCc1ccccc1-c1nc(Cl)nc(Cl)n1. The van der Waals surface area contributed by atoms with E-state index in [1.54, 1.807) is 12.1 Å². The van der Waals surface area contributed by atoms with E-state index in [-0.39, 0.29) is 17.2 Å². The maximum Gasteiger partial charge on any atom is 0.227 e. The lowest BCUT2D eigenvalue weighted by Gasteiger charge is -2.05. The van der Waals surface area contributed by atoms with E-state index in [0.29, 0.717) is 17.0 Å². The summed E-state index contributed by atoms with van der Waals surface area (Å²) < 4.78 is 0. The molecule has 0 bridgehead atoms. The molecule has 4 nitrogen and oxygen atoms in total. The molecule has 0 saturated heterocycles. The average Bonchev–Trinajstić information content (AvgIpc) is 2.27. The summed E-state index contributed by atoms with van der Waals surface area (Å²) in [4.78, 5) is 11.6.